The van der Waals surface area contributed by atoms with Gasteiger partial charge in [-0.25, -0.2) is 4.98 Å². The van der Waals surface area contributed by atoms with Crippen molar-refractivity contribution in [3.63, 3.8) is 0 Å². The lowest BCUT2D eigenvalue weighted by molar-refractivity contribution is -0.121. The molecule has 0 radical (unpaired) electrons. The molecule has 0 saturated carbocycles. The summed E-state index contributed by atoms with van der Waals surface area (Å²) in [7, 11) is 3.05. The van der Waals surface area contributed by atoms with E-state index in [4.69, 9.17) is 9.47 Å². The van der Waals surface area contributed by atoms with Gasteiger partial charge in [-0.1, -0.05) is 30.3 Å². The monoisotopic (exact) mass is 453 g/mol. The Labute approximate surface area is 191 Å². The lowest BCUT2D eigenvalue weighted by atomic mass is 10.1. The van der Waals surface area contributed by atoms with E-state index in [2.05, 4.69) is 27.8 Å². The molecule has 3 aromatic rings. The first-order valence-electron chi connectivity index (χ1n) is 10.3. The number of aryl methyl sites for hydroxylation is 1. The average Bonchev–Trinajstić information content (AvgIpc) is 3.24. The van der Waals surface area contributed by atoms with Crippen molar-refractivity contribution in [3.8, 4) is 11.5 Å². The van der Waals surface area contributed by atoms with Crippen LogP contribution in [0.1, 0.15) is 35.0 Å². The van der Waals surface area contributed by atoms with Crippen LogP contribution in [-0.2, 0) is 17.6 Å². The van der Waals surface area contributed by atoms with E-state index in [1.165, 1.54) is 31.1 Å². The van der Waals surface area contributed by atoms with Crippen LogP contribution in [0.2, 0.25) is 0 Å². The number of nitrogens with one attached hydrogen (secondary N) is 2. The summed E-state index contributed by atoms with van der Waals surface area (Å²) in [5, 5.41) is 7.98. The van der Waals surface area contributed by atoms with Gasteiger partial charge >= 0.3 is 0 Å². The fourth-order valence-electron chi connectivity index (χ4n) is 3.18. The molecule has 2 aromatic carbocycles. The minimum absolute atomic E-state index is 0.0607. The van der Waals surface area contributed by atoms with Crippen molar-refractivity contribution in [1.82, 2.24) is 10.3 Å². The Morgan fingerprint density at radius 2 is 1.81 bits per heavy atom. The molecule has 32 heavy (non-hydrogen) atoms. The molecule has 0 aliphatic heterocycles. The highest BCUT2D eigenvalue weighted by atomic mass is 32.1. The van der Waals surface area contributed by atoms with E-state index < -0.39 is 0 Å². The maximum Gasteiger partial charge on any atom is 0.257 e. The molecule has 0 aliphatic rings. The van der Waals surface area contributed by atoms with Gasteiger partial charge in [0.1, 0.15) is 0 Å². The van der Waals surface area contributed by atoms with Crippen molar-refractivity contribution in [3.05, 3.63) is 70.7 Å². The van der Waals surface area contributed by atoms with E-state index >= 15 is 0 Å². The number of hydrogen-bond donors (Lipinski definition) is 2. The van der Waals surface area contributed by atoms with Gasteiger partial charge in [0, 0.05) is 17.0 Å². The van der Waals surface area contributed by atoms with Crippen molar-refractivity contribution in [2.75, 3.05) is 19.5 Å². The molecule has 0 saturated heterocycles. The summed E-state index contributed by atoms with van der Waals surface area (Å²) in [6.07, 6.45) is 1.93. The van der Waals surface area contributed by atoms with Crippen molar-refractivity contribution >= 4 is 28.3 Å². The number of aromatic nitrogens is 1. The summed E-state index contributed by atoms with van der Waals surface area (Å²) in [5.74, 6) is 0.613. The van der Waals surface area contributed by atoms with Gasteiger partial charge in [0.2, 0.25) is 5.91 Å². The highest BCUT2D eigenvalue weighted by Crippen LogP contribution is 2.28. The molecule has 7 nitrogen and oxygen atoms in total. The summed E-state index contributed by atoms with van der Waals surface area (Å²) in [4.78, 5) is 29.2. The van der Waals surface area contributed by atoms with Crippen LogP contribution in [0, 0.1) is 0 Å². The maximum atomic E-state index is 12.5. The second kappa shape index (κ2) is 11.3. The lowest BCUT2D eigenvalue weighted by Gasteiger charge is -2.13. The molecule has 2 N–H and O–H groups in total. The first-order valence-corrected chi connectivity index (χ1v) is 11.2. The van der Waals surface area contributed by atoms with E-state index in [1.807, 2.05) is 25.1 Å². The summed E-state index contributed by atoms with van der Waals surface area (Å²) >= 11 is 1.28. The SMILES string of the molecule is COc1ccc(C(=O)Nc2nc(CC(=O)NC(C)CCc3ccccc3)cs2)cc1OC. The van der Waals surface area contributed by atoms with Crippen LogP contribution in [0.15, 0.2) is 53.9 Å². The minimum Gasteiger partial charge on any atom is -0.493 e. The van der Waals surface area contributed by atoms with Gasteiger partial charge in [-0.15, -0.1) is 11.3 Å². The molecule has 2 amide bonds. The minimum atomic E-state index is -0.314. The van der Waals surface area contributed by atoms with E-state index in [0.717, 1.165) is 12.8 Å². The number of hydrogen-bond acceptors (Lipinski definition) is 6. The Balaban J connectivity index is 1.49. The zero-order valence-electron chi connectivity index (χ0n) is 18.4. The molecule has 0 fully saturated rings. The molecule has 168 valence electrons. The van der Waals surface area contributed by atoms with Gasteiger partial charge in [0.25, 0.3) is 5.91 Å². The number of carbonyl (C=O) groups excluding carboxylic acids is 2. The number of amides is 2. The quantitative estimate of drug-likeness (QED) is 0.483. The maximum absolute atomic E-state index is 12.5. The summed E-state index contributed by atoms with van der Waals surface area (Å²) in [6.45, 7) is 2.00. The zero-order chi connectivity index (χ0) is 22.9. The fraction of sp³-hybridized carbons (Fsp3) is 0.292. The van der Waals surface area contributed by atoms with Crippen LogP contribution in [0.4, 0.5) is 5.13 Å². The second-order valence-electron chi connectivity index (χ2n) is 7.34. The highest BCUT2D eigenvalue weighted by Gasteiger charge is 2.14. The topological polar surface area (TPSA) is 89.5 Å². The standard InChI is InChI=1S/C24H27N3O4S/c1-16(9-10-17-7-5-4-6-8-17)25-22(28)14-19-15-32-24(26-19)27-23(29)18-11-12-20(30-2)21(13-18)31-3/h4-8,11-13,15-16H,9-10,14H2,1-3H3,(H,25,28)(H,26,27,29). The third-order valence-corrected chi connectivity index (χ3v) is 5.68. The molecular formula is C24H27N3O4S. The number of rotatable bonds is 10. The molecule has 1 heterocycles. The largest absolute Gasteiger partial charge is 0.493 e. The number of carbonyl (C=O) groups is 2. The van der Waals surface area contributed by atoms with Crippen molar-refractivity contribution in [2.24, 2.45) is 0 Å². The molecule has 0 bridgehead atoms. The Morgan fingerprint density at radius 1 is 1.06 bits per heavy atom. The third-order valence-electron chi connectivity index (χ3n) is 4.88. The van der Waals surface area contributed by atoms with Crippen LogP contribution in [-0.4, -0.2) is 37.1 Å². The van der Waals surface area contributed by atoms with Crippen LogP contribution >= 0.6 is 11.3 Å². The number of benzene rings is 2. The van der Waals surface area contributed by atoms with Crippen LogP contribution in [0.5, 0.6) is 11.5 Å². The Kier molecular flexibility index (Phi) is 8.21. The molecular weight excluding hydrogens is 426 g/mol. The van der Waals surface area contributed by atoms with Crippen LogP contribution in [0.25, 0.3) is 0 Å². The van der Waals surface area contributed by atoms with Gasteiger partial charge in [0.05, 0.1) is 26.3 Å². The predicted molar refractivity (Wildman–Crippen MR) is 126 cm³/mol. The molecule has 1 aromatic heterocycles. The smallest absolute Gasteiger partial charge is 0.257 e. The number of thiazole rings is 1. The molecule has 0 spiro atoms. The Bertz CT molecular complexity index is 1050. The van der Waals surface area contributed by atoms with Crippen LogP contribution < -0.4 is 20.1 Å². The van der Waals surface area contributed by atoms with E-state index in [0.29, 0.717) is 27.9 Å². The Morgan fingerprint density at radius 3 is 2.53 bits per heavy atom. The normalized spacial score (nSPS) is 11.5. The van der Waals surface area contributed by atoms with Gasteiger partial charge in [0.15, 0.2) is 16.6 Å². The number of ether oxygens (including phenoxy) is 2. The van der Waals surface area contributed by atoms with E-state index in [9.17, 15) is 9.59 Å². The first-order chi connectivity index (χ1) is 15.5. The molecule has 1 unspecified atom stereocenters. The molecule has 3 rings (SSSR count). The lowest BCUT2D eigenvalue weighted by Crippen LogP contribution is -2.34. The van der Waals surface area contributed by atoms with Crippen molar-refractivity contribution < 1.29 is 19.1 Å². The molecule has 0 aliphatic carbocycles. The average molecular weight is 454 g/mol. The summed E-state index contributed by atoms with van der Waals surface area (Å²) in [5.41, 5.74) is 2.29. The van der Waals surface area contributed by atoms with Crippen molar-refractivity contribution in [1.29, 1.82) is 0 Å². The van der Waals surface area contributed by atoms with E-state index in [-0.39, 0.29) is 24.3 Å². The van der Waals surface area contributed by atoms with Gasteiger partial charge < -0.3 is 14.8 Å². The van der Waals surface area contributed by atoms with E-state index in [1.54, 1.807) is 23.6 Å². The van der Waals surface area contributed by atoms with Gasteiger partial charge in [-0.05, 0) is 43.5 Å². The molecule has 1 atom stereocenters. The second-order valence-corrected chi connectivity index (χ2v) is 8.20. The summed E-state index contributed by atoms with van der Waals surface area (Å²) in [6, 6.07) is 15.2. The van der Waals surface area contributed by atoms with Crippen molar-refractivity contribution in [2.45, 2.75) is 32.2 Å². The third kappa shape index (κ3) is 6.55. The van der Waals surface area contributed by atoms with Gasteiger partial charge in [-0.2, -0.15) is 0 Å². The number of methoxy groups -OCH3 is 2. The zero-order valence-corrected chi connectivity index (χ0v) is 19.2. The Hall–Kier alpha value is -3.39. The predicted octanol–water partition coefficient (Wildman–Crippen LogP) is 4.09. The first kappa shape index (κ1) is 23.3. The summed E-state index contributed by atoms with van der Waals surface area (Å²) < 4.78 is 10.4. The highest BCUT2D eigenvalue weighted by molar-refractivity contribution is 7.14. The number of anilines is 1. The van der Waals surface area contributed by atoms with Gasteiger partial charge in [-0.3, -0.25) is 14.9 Å². The fourth-order valence-corrected chi connectivity index (χ4v) is 3.89. The number of nitrogens with zero attached hydrogens (tertiary/aromatic N) is 1. The van der Waals surface area contributed by atoms with Crippen LogP contribution in [0.3, 0.4) is 0 Å². The molecule has 8 heteroatoms.